The first-order chi connectivity index (χ1) is 10.7. The van der Waals surface area contributed by atoms with E-state index in [4.69, 9.17) is 0 Å². The number of phenolic OH excluding ortho intramolecular Hbond substituents is 1. The van der Waals surface area contributed by atoms with Gasteiger partial charge in [-0.25, -0.2) is 0 Å². The van der Waals surface area contributed by atoms with Crippen LogP contribution in [0.4, 0.5) is 0 Å². The number of nitrogens with zero attached hydrogens (tertiary/aromatic N) is 1. The first-order valence-electron chi connectivity index (χ1n) is 7.81. The van der Waals surface area contributed by atoms with Crippen LogP contribution in [0.2, 0.25) is 0 Å². The number of carbonyl (C=O) groups is 1. The predicted molar refractivity (Wildman–Crippen MR) is 94.3 cm³/mol. The van der Waals surface area contributed by atoms with Gasteiger partial charge in [-0.15, -0.1) is 0 Å². The molecule has 0 fully saturated rings. The number of rotatable bonds is 3. The van der Waals surface area contributed by atoms with Crippen LogP contribution < -0.4 is 0 Å². The number of hydrogen-bond acceptors (Lipinski definition) is 2. The van der Waals surface area contributed by atoms with Gasteiger partial charge in [-0.05, 0) is 68.0 Å². The molecule has 0 aromatic heterocycles. The molecular weight excluding hydrogens is 286 g/mol. The predicted octanol–water partition coefficient (Wildman–Crippen LogP) is 3.92. The van der Waals surface area contributed by atoms with Gasteiger partial charge in [-0.3, -0.25) is 4.79 Å². The highest BCUT2D eigenvalue weighted by atomic mass is 16.3. The molecule has 1 amide bonds. The summed E-state index contributed by atoms with van der Waals surface area (Å²) in [5, 5.41) is 10.2. The lowest BCUT2D eigenvalue weighted by Crippen LogP contribution is -2.22. The lowest BCUT2D eigenvalue weighted by atomic mass is 9.92. The zero-order chi connectivity index (χ0) is 17.3. The fraction of sp³-hybridized carbons (Fsp3) is 0.350. The summed E-state index contributed by atoms with van der Waals surface area (Å²) in [4.78, 5) is 13.8. The van der Waals surface area contributed by atoms with Crippen LogP contribution >= 0.6 is 0 Å². The van der Waals surface area contributed by atoms with Gasteiger partial charge in [-0.2, -0.15) is 0 Å². The van der Waals surface area contributed by atoms with Gasteiger partial charge in [0.1, 0.15) is 5.75 Å². The number of aromatic hydroxyl groups is 1. The van der Waals surface area contributed by atoms with E-state index in [9.17, 15) is 9.90 Å². The maximum Gasteiger partial charge on any atom is 0.257 e. The Morgan fingerprint density at radius 2 is 1.52 bits per heavy atom. The van der Waals surface area contributed by atoms with E-state index in [1.807, 2.05) is 19.1 Å². The molecule has 23 heavy (non-hydrogen) atoms. The van der Waals surface area contributed by atoms with Crippen LogP contribution in [0.15, 0.2) is 24.3 Å². The average molecular weight is 311 g/mol. The molecule has 0 aliphatic heterocycles. The monoisotopic (exact) mass is 311 g/mol. The van der Waals surface area contributed by atoms with E-state index in [1.54, 1.807) is 14.1 Å². The van der Waals surface area contributed by atoms with Crippen molar-refractivity contribution >= 4 is 5.91 Å². The summed E-state index contributed by atoms with van der Waals surface area (Å²) in [6.45, 7) is 8.17. The SMILES string of the molecule is Cc1cc(C)c(Cc2cc(C)c(O)c(C(=O)N(C)C)c2)c(C)c1. The third-order valence-corrected chi connectivity index (χ3v) is 4.22. The Balaban J connectivity index is 2.48. The van der Waals surface area contributed by atoms with Gasteiger partial charge in [0, 0.05) is 14.1 Å². The number of carbonyl (C=O) groups excluding carboxylic acids is 1. The van der Waals surface area contributed by atoms with Gasteiger partial charge in [0.15, 0.2) is 0 Å². The lowest BCUT2D eigenvalue weighted by molar-refractivity contribution is 0.0824. The van der Waals surface area contributed by atoms with Crippen LogP contribution in [-0.4, -0.2) is 30.0 Å². The Morgan fingerprint density at radius 3 is 2.04 bits per heavy atom. The first-order valence-corrected chi connectivity index (χ1v) is 7.81. The van der Waals surface area contributed by atoms with Crippen molar-refractivity contribution < 1.29 is 9.90 Å². The molecule has 122 valence electrons. The Morgan fingerprint density at radius 1 is 0.957 bits per heavy atom. The maximum atomic E-state index is 12.3. The molecule has 0 aliphatic rings. The third kappa shape index (κ3) is 3.55. The van der Waals surface area contributed by atoms with E-state index in [0.29, 0.717) is 5.56 Å². The van der Waals surface area contributed by atoms with Crippen LogP contribution in [0.5, 0.6) is 5.75 Å². The number of phenols is 1. The van der Waals surface area contributed by atoms with E-state index in [1.165, 1.54) is 27.2 Å². The normalized spacial score (nSPS) is 10.7. The molecule has 3 heteroatoms. The molecular formula is C20H25NO2. The second kappa shape index (κ2) is 6.45. The summed E-state index contributed by atoms with van der Waals surface area (Å²) < 4.78 is 0. The first kappa shape index (κ1) is 17.1. The quantitative estimate of drug-likeness (QED) is 0.933. The van der Waals surface area contributed by atoms with E-state index < -0.39 is 0 Å². The molecule has 2 aromatic carbocycles. The van der Waals surface area contributed by atoms with Gasteiger partial charge in [0.25, 0.3) is 5.91 Å². The summed E-state index contributed by atoms with van der Waals surface area (Å²) in [6.07, 6.45) is 0.757. The minimum Gasteiger partial charge on any atom is -0.507 e. The zero-order valence-electron chi connectivity index (χ0n) is 14.8. The van der Waals surface area contributed by atoms with E-state index >= 15 is 0 Å². The largest absolute Gasteiger partial charge is 0.507 e. The fourth-order valence-corrected chi connectivity index (χ4v) is 3.05. The topological polar surface area (TPSA) is 40.5 Å². The molecule has 2 aromatic rings. The molecule has 0 aliphatic carbocycles. The van der Waals surface area contributed by atoms with Gasteiger partial charge in [0.2, 0.25) is 0 Å². The van der Waals surface area contributed by atoms with Crippen molar-refractivity contribution in [3.63, 3.8) is 0 Å². The average Bonchev–Trinajstić information content (AvgIpc) is 2.45. The molecule has 3 nitrogen and oxygen atoms in total. The van der Waals surface area contributed by atoms with Crippen LogP contribution in [0.3, 0.4) is 0 Å². The molecule has 0 radical (unpaired) electrons. The van der Waals surface area contributed by atoms with Crippen molar-refractivity contribution in [3.8, 4) is 5.75 Å². The fourth-order valence-electron chi connectivity index (χ4n) is 3.05. The van der Waals surface area contributed by atoms with Crippen molar-refractivity contribution in [2.24, 2.45) is 0 Å². The van der Waals surface area contributed by atoms with Gasteiger partial charge in [-0.1, -0.05) is 23.8 Å². The van der Waals surface area contributed by atoms with Crippen molar-refractivity contribution in [2.75, 3.05) is 14.1 Å². The van der Waals surface area contributed by atoms with E-state index in [0.717, 1.165) is 17.5 Å². The maximum absolute atomic E-state index is 12.3. The molecule has 0 atom stereocenters. The van der Waals surface area contributed by atoms with Crippen LogP contribution in [-0.2, 0) is 6.42 Å². The highest BCUT2D eigenvalue weighted by Gasteiger charge is 2.17. The second-order valence-corrected chi connectivity index (χ2v) is 6.56. The molecule has 2 rings (SSSR count). The summed E-state index contributed by atoms with van der Waals surface area (Å²) in [5.41, 5.74) is 7.20. The number of amides is 1. The van der Waals surface area contributed by atoms with Gasteiger partial charge in [0.05, 0.1) is 5.56 Å². The molecule has 0 heterocycles. The Labute approximate surface area is 138 Å². The number of benzene rings is 2. The molecule has 0 spiro atoms. The Hall–Kier alpha value is -2.29. The summed E-state index contributed by atoms with van der Waals surface area (Å²) in [5.74, 6) is -0.102. The van der Waals surface area contributed by atoms with E-state index in [2.05, 4.69) is 32.9 Å². The van der Waals surface area contributed by atoms with Crippen LogP contribution in [0, 0.1) is 27.7 Å². The molecule has 0 saturated carbocycles. The minimum atomic E-state index is -0.176. The minimum absolute atomic E-state index is 0.0739. The standard InChI is InChI=1S/C20H25NO2/c1-12-7-13(2)17(14(3)8-12)10-16-9-15(4)19(22)18(11-16)20(23)21(5)6/h7-9,11,22H,10H2,1-6H3. The number of aryl methyl sites for hydroxylation is 4. The van der Waals surface area contributed by atoms with Gasteiger partial charge >= 0.3 is 0 Å². The Kier molecular flexibility index (Phi) is 4.79. The second-order valence-electron chi connectivity index (χ2n) is 6.56. The highest BCUT2D eigenvalue weighted by Crippen LogP contribution is 2.28. The Bertz CT molecular complexity index is 737. The van der Waals surface area contributed by atoms with Crippen molar-refractivity contribution in [1.29, 1.82) is 0 Å². The molecule has 0 saturated heterocycles. The number of hydrogen-bond donors (Lipinski definition) is 1. The lowest BCUT2D eigenvalue weighted by Gasteiger charge is -2.16. The molecule has 0 bridgehead atoms. The third-order valence-electron chi connectivity index (χ3n) is 4.22. The smallest absolute Gasteiger partial charge is 0.257 e. The van der Waals surface area contributed by atoms with Gasteiger partial charge < -0.3 is 10.0 Å². The van der Waals surface area contributed by atoms with Crippen molar-refractivity contribution in [3.05, 3.63) is 63.2 Å². The van der Waals surface area contributed by atoms with Crippen molar-refractivity contribution in [1.82, 2.24) is 4.90 Å². The van der Waals surface area contributed by atoms with E-state index in [-0.39, 0.29) is 11.7 Å². The molecule has 0 unspecified atom stereocenters. The van der Waals surface area contributed by atoms with Crippen molar-refractivity contribution in [2.45, 2.75) is 34.1 Å². The summed E-state index contributed by atoms with van der Waals surface area (Å²) in [6, 6.07) is 8.13. The van der Waals surface area contributed by atoms with Crippen LogP contribution in [0.25, 0.3) is 0 Å². The zero-order valence-corrected chi connectivity index (χ0v) is 14.8. The summed E-state index contributed by atoms with van der Waals surface area (Å²) >= 11 is 0. The highest BCUT2D eigenvalue weighted by molar-refractivity contribution is 5.97. The summed E-state index contributed by atoms with van der Waals surface area (Å²) in [7, 11) is 3.39. The molecule has 1 N–H and O–H groups in total. The van der Waals surface area contributed by atoms with Crippen LogP contribution in [0.1, 0.15) is 43.7 Å².